The Morgan fingerprint density at radius 3 is 2.65 bits per heavy atom. The first kappa shape index (κ1) is 16.0. The smallest absolute Gasteiger partial charge is 0.254 e. The molecule has 0 bridgehead atoms. The molecule has 124 valence electrons. The lowest BCUT2D eigenvalue weighted by atomic mass is 9.82. The number of benzene rings is 1. The molecule has 5 nitrogen and oxygen atoms in total. The molecule has 0 unspecified atom stereocenters. The Kier molecular flexibility index (Phi) is 4.66. The molecule has 0 spiro atoms. The van der Waals surface area contributed by atoms with Crippen molar-refractivity contribution in [2.75, 3.05) is 13.1 Å². The van der Waals surface area contributed by atoms with E-state index in [1.165, 1.54) is 6.42 Å². The molecule has 2 N–H and O–H groups in total. The molecule has 2 aromatic rings. The summed E-state index contributed by atoms with van der Waals surface area (Å²) in [6.45, 7) is 6.45. The summed E-state index contributed by atoms with van der Waals surface area (Å²) in [6.07, 6.45) is 7.10. The summed E-state index contributed by atoms with van der Waals surface area (Å²) in [6, 6.07) is 5.70. The van der Waals surface area contributed by atoms with Gasteiger partial charge in [0.1, 0.15) is 5.52 Å². The second-order valence-corrected chi connectivity index (χ2v) is 6.43. The standard InChI is InChI=1S/C18H26N4O/c1-3-11-22(12-4-2)18(9-6-10-18)21-17(23)14-7-5-8-15-16(14)20-13-19-15/h5,7-8,13H,3-4,6,9-12H2,1-2H3,(H,19,20)(H,21,23). The molecule has 1 amide bonds. The van der Waals surface area contributed by atoms with Crippen LogP contribution in [0.25, 0.3) is 11.0 Å². The molecule has 1 aromatic carbocycles. The molecule has 1 heterocycles. The van der Waals surface area contributed by atoms with E-state index in [0.717, 1.165) is 49.8 Å². The van der Waals surface area contributed by atoms with E-state index < -0.39 is 0 Å². The second-order valence-electron chi connectivity index (χ2n) is 6.43. The Balaban J connectivity index is 1.83. The first-order chi connectivity index (χ1) is 11.2. The first-order valence-electron chi connectivity index (χ1n) is 8.70. The van der Waals surface area contributed by atoms with E-state index >= 15 is 0 Å². The zero-order valence-electron chi connectivity index (χ0n) is 14.1. The highest BCUT2D eigenvalue weighted by Crippen LogP contribution is 2.36. The van der Waals surface area contributed by atoms with E-state index in [1.807, 2.05) is 18.2 Å². The zero-order valence-corrected chi connectivity index (χ0v) is 14.1. The van der Waals surface area contributed by atoms with Crippen LogP contribution in [-0.4, -0.2) is 39.5 Å². The summed E-state index contributed by atoms with van der Waals surface area (Å²) >= 11 is 0. The molecule has 0 radical (unpaired) electrons. The molecule has 0 saturated heterocycles. The van der Waals surface area contributed by atoms with Crippen LogP contribution < -0.4 is 5.32 Å². The Hall–Kier alpha value is -1.88. The van der Waals surface area contributed by atoms with Crippen LogP contribution in [0, 0.1) is 0 Å². The SMILES string of the molecule is CCCN(CCC)C1(NC(=O)c2cccc3[nH]cnc23)CCC1. The number of carbonyl (C=O) groups excluding carboxylic acids is 1. The van der Waals surface area contributed by atoms with Crippen molar-refractivity contribution >= 4 is 16.9 Å². The third-order valence-corrected chi connectivity index (χ3v) is 4.81. The fourth-order valence-corrected chi connectivity index (χ4v) is 3.54. The van der Waals surface area contributed by atoms with E-state index in [2.05, 4.69) is 34.0 Å². The average molecular weight is 314 g/mol. The molecule has 1 fully saturated rings. The molecular weight excluding hydrogens is 288 g/mol. The monoisotopic (exact) mass is 314 g/mol. The predicted molar refractivity (Wildman–Crippen MR) is 92.3 cm³/mol. The molecule has 1 aromatic heterocycles. The van der Waals surface area contributed by atoms with E-state index in [0.29, 0.717) is 5.56 Å². The summed E-state index contributed by atoms with van der Waals surface area (Å²) in [5.41, 5.74) is 2.14. The molecule has 1 aliphatic carbocycles. The van der Waals surface area contributed by atoms with Gasteiger partial charge in [-0.25, -0.2) is 4.98 Å². The number of nitrogens with zero attached hydrogens (tertiary/aromatic N) is 2. The van der Waals surface area contributed by atoms with Gasteiger partial charge in [0.05, 0.1) is 23.1 Å². The van der Waals surface area contributed by atoms with Gasteiger partial charge in [-0.05, 0) is 44.2 Å². The maximum Gasteiger partial charge on any atom is 0.254 e. The van der Waals surface area contributed by atoms with Crippen LogP contribution >= 0.6 is 0 Å². The van der Waals surface area contributed by atoms with Gasteiger partial charge in [0.15, 0.2) is 0 Å². The van der Waals surface area contributed by atoms with Crippen LogP contribution in [0.5, 0.6) is 0 Å². The van der Waals surface area contributed by atoms with E-state index in [9.17, 15) is 4.79 Å². The molecular formula is C18H26N4O. The summed E-state index contributed by atoms with van der Waals surface area (Å²) in [5.74, 6) is -0.0143. The van der Waals surface area contributed by atoms with Crippen LogP contribution in [0.3, 0.4) is 0 Å². The van der Waals surface area contributed by atoms with E-state index in [1.54, 1.807) is 6.33 Å². The molecule has 0 atom stereocenters. The van der Waals surface area contributed by atoms with E-state index in [-0.39, 0.29) is 11.6 Å². The fraction of sp³-hybridized carbons (Fsp3) is 0.556. The van der Waals surface area contributed by atoms with Crippen molar-refractivity contribution in [3.8, 4) is 0 Å². The fourth-order valence-electron chi connectivity index (χ4n) is 3.54. The Bertz CT molecular complexity index is 668. The van der Waals surface area contributed by atoms with Gasteiger partial charge in [-0.15, -0.1) is 0 Å². The third-order valence-electron chi connectivity index (χ3n) is 4.81. The Labute approximate surface area is 137 Å². The van der Waals surface area contributed by atoms with Gasteiger partial charge in [0.25, 0.3) is 5.91 Å². The maximum atomic E-state index is 12.9. The number of hydrogen-bond acceptors (Lipinski definition) is 3. The lowest BCUT2D eigenvalue weighted by Gasteiger charge is -2.50. The summed E-state index contributed by atoms with van der Waals surface area (Å²) in [5, 5.41) is 3.33. The van der Waals surface area contributed by atoms with Crippen molar-refractivity contribution in [3.05, 3.63) is 30.1 Å². The highest BCUT2D eigenvalue weighted by atomic mass is 16.2. The highest BCUT2D eigenvalue weighted by molar-refractivity contribution is 6.05. The third kappa shape index (κ3) is 2.98. The van der Waals surface area contributed by atoms with E-state index in [4.69, 9.17) is 0 Å². The molecule has 23 heavy (non-hydrogen) atoms. The molecule has 1 saturated carbocycles. The number of rotatable bonds is 7. The lowest BCUT2D eigenvalue weighted by molar-refractivity contribution is -0.0103. The number of carbonyl (C=O) groups is 1. The van der Waals surface area contributed by atoms with Crippen LogP contribution in [-0.2, 0) is 0 Å². The minimum absolute atomic E-state index is 0.0143. The molecule has 3 rings (SSSR count). The highest BCUT2D eigenvalue weighted by Gasteiger charge is 2.43. The van der Waals surface area contributed by atoms with Crippen molar-refractivity contribution in [3.63, 3.8) is 0 Å². The van der Waals surface area contributed by atoms with Crippen LogP contribution in [0.2, 0.25) is 0 Å². The largest absolute Gasteiger partial charge is 0.345 e. The van der Waals surface area contributed by atoms with Crippen molar-refractivity contribution in [1.82, 2.24) is 20.2 Å². The number of aromatic nitrogens is 2. The average Bonchev–Trinajstić information content (AvgIpc) is 2.99. The summed E-state index contributed by atoms with van der Waals surface area (Å²) in [4.78, 5) is 22.7. The number of imidazole rings is 1. The summed E-state index contributed by atoms with van der Waals surface area (Å²) in [7, 11) is 0. The van der Waals surface area contributed by atoms with Gasteiger partial charge < -0.3 is 10.3 Å². The quantitative estimate of drug-likeness (QED) is 0.771. The zero-order chi connectivity index (χ0) is 16.3. The number of hydrogen-bond donors (Lipinski definition) is 2. The predicted octanol–water partition coefficient (Wildman–Crippen LogP) is 3.29. The van der Waals surface area contributed by atoms with Crippen molar-refractivity contribution in [2.45, 2.75) is 51.6 Å². The Morgan fingerprint density at radius 2 is 2.04 bits per heavy atom. The number of nitrogens with one attached hydrogen (secondary N) is 2. The number of fused-ring (bicyclic) bond motifs is 1. The second kappa shape index (κ2) is 6.71. The van der Waals surface area contributed by atoms with Crippen LogP contribution in [0.1, 0.15) is 56.3 Å². The van der Waals surface area contributed by atoms with Crippen LogP contribution in [0.4, 0.5) is 0 Å². The van der Waals surface area contributed by atoms with Gasteiger partial charge in [-0.1, -0.05) is 19.9 Å². The number of H-pyrrole nitrogens is 1. The first-order valence-corrected chi connectivity index (χ1v) is 8.70. The maximum absolute atomic E-state index is 12.9. The summed E-state index contributed by atoms with van der Waals surface area (Å²) < 4.78 is 0. The molecule has 5 heteroatoms. The van der Waals surface area contributed by atoms with Gasteiger partial charge in [-0.3, -0.25) is 9.69 Å². The van der Waals surface area contributed by atoms with Gasteiger partial charge in [0, 0.05) is 13.1 Å². The van der Waals surface area contributed by atoms with Crippen molar-refractivity contribution in [2.24, 2.45) is 0 Å². The Morgan fingerprint density at radius 1 is 1.30 bits per heavy atom. The molecule has 1 aliphatic rings. The topological polar surface area (TPSA) is 61.0 Å². The molecule has 0 aliphatic heterocycles. The number of aromatic amines is 1. The van der Waals surface area contributed by atoms with Gasteiger partial charge in [-0.2, -0.15) is 0 Å². The minimum Gasteiger partial charge on any atom is -0.345 e. The van der Waals surface area contributed by atoms with Crippen LogP contribution in [0.15, 0.2) is 24.5 Å². The lowest BCUT2D eigenvalue weighted by Crippen LogP contribution is -2.65. The van der Waals surface area contributed by atoms with Gasteiger partial charge in [0.2, 0.25) is 0 Å². The van der Waals surface area contributed by atoms with Crippen molar-refractivity contribution in [1.29, 1.82) is 0 Å². The minimum atomic E-state index is -0.165. The normalized spacial score (nSPS) is 16.5. The van der Waals surface area contributed by atoms with Gasteiger partial charge >= 0.3 is 0 Å². The number of para-hydroxylation sites is 1. The number of amides is 1. The van der Waals surface area contributed by atoms with Crippen molar-refractivity contribution < 1.29 is 4.79 Å².